The minimum atomic E-state index is -0.0618. The van der Waals surface area contributed by atoms with Crippen molar-refractivity contribution in [1.82, 2.24) is 24.8 Å². The van der Waals surface area contributed by atoms with Crippen LogP contribution in [0.2, 0.25) is 0 Å². The van der Waals surface area contributed by atoms with E-state index in [1.54, 1.807) is 12.4 Å². The van der Waals surface area contributed by atoms with E-state index in [-0.39, 0.29) is 11.8 Å². The number of likely N-dealkylation sites (tertiary alicyclic amines) is 1. The molecule has 2 aromatic carbocycles. The van der Waals surface area contributed by atoms with Crippen molar-refractivity contribution < 1.29 is 4.79 Å². The molecule has 0 saturated carbocycles. The number of aromatic amines is 1. The number of carbonyl (C=O) groups is 1. The van der Waals surface area contributed by atoms with Gasteiger partial charge in [-0.1, -0.05) is 42.5 Å². The monoisotopic (exact) mass is 424 g/mol. The third-order valence-corrected chi connectivity index (χ3v) is 6.61. The first-order valence-corrected chi connectivity index (χ1v) is 11.1. The Morgan fingerprint density at radius 3 is 2.53 bits per heavy atom. The lowest BCUT2D eigenvalue weighted by atomic mass is 9.95. The maximum absolute atomic E-state index is 12.9. The number of nitrogens with zero attached hydrogens (tertiary/aromatic N) is 5. The fraction of sp³-hybridized carbons (Fsp3) is 0.280. The van der Waals surface area contributed by atoms with Gasteiger partial charge >= 0.3 is 0 Å². The van der Waals surface area contributed by atoms with Crippen LogP contribution in [-0.4, -0.2) is 56.9 Å². The number of para-hydroxylation sites is 2. The standard InChI is InChI=1S/C25H24N6O/c32-25(23-28-20-8-4-5-9-21(20)29-23)31-15-19(16-31)22-24(27-12-11-26-22)30-13-10-18(14-30)17-6-2-1-3-7-17/h1-9,11-12,18-19H,10,13-16H2,(H,28,29)/t18-/m0/s1. The van der Waals surface area contributed by atoms with Crippen molar-refractivity contribution >= 4 is 22.8 Å². The summed E-state index contributed by atoms with van der Waals surface area (Å²) < 4.78 is 0. The fourth-order valence-electron chi connectivity index (χ4n) is 4.84. The third-order valence-electron chi connectivity index (χ3n) is 6.61. The highest BCUT2D eigenvalue weighted by Crippen LogP contribution is 2.36. The minimum absolute atomic E-state index is 0.0618. The van der Waals surface area contributed by atoms with Gasteiger partial charge in [0.2, 0.25) is 0 Å². The van der Waals surface area contributed by atoms with Crippen molar-refractivity contribution in [2.45, 2.75) is 18.3 Å². The number of H-pyrrole nitrogens is 1. The summed E-state index contributed by atoms with van der Waals surface area (Å²) in [5.74, 6) is 2.01. The van der Waals surface area contributed by atoms with Crippen molar-refractivity contribution in [2.75, 3.05) is 31.1 Å². The van der Waals surface area contributed by atoms with Gasteiger partial charge in [0.25, 0.3) is 5.91 Å². The van der Waals surface area contributed by atoms with Gasteiger partial charge in [-0.15, -0.1) is 0 Å². The molecular weight excluding hydrogens is 400 g/mol. The molecule has 32 heavy (non-hydrogen) atoms. The molecule has 0 spiro atoms. The van der Waals surface area contributed by atoms with Gasteiger partial charge in [-0.25, -0.2) is 9.97 Å². The number of amides is 1. The molecule has 2 aromatic heterocycles. The Hall–Kier alpha value is -3.74. The van der Waals surface area contributed by atoms with E-state index in [9.17, 15) is 4.79 Å². The van der Waals surface area contributed by atoms with Crippen LogP contribution in [0.5, 0.6) is 0 Å². The zero-order chi connectivity index (χ0) is 21.5. The molecule has 0 unspecified atom stereocenters. The first-order valence-electron chi connectivity index (χ1n) is 11.1. The molecule has 2 saturated heterocycles. The van der Waals surface area contributed by atoms with Crippen LogP contribution in [-0.2, 0) is 0 Å². The van der Waals surface area contributed by atoms with Gasteiger partial charge in [0.15, 0.2) is 11.6 Å². The molecule has 7 heteroatoms. The number of aromatic nitrogens is 4. The molecule has 1 atom stereocenters. The third kappa shape index (κ3) is 3.30. The largest absolute Gasteiger partial charge is 0.354 e. The normalized spacial score (nSPS) is 18.8. The Labute approximate surface area is 186 Å². The topological polar surface area (TPSA) is 78.0 Å². The van der Waals surface area contributed by atoms with Gasteiger partial charge in [-0.3, -0.25) is 9.78 Å². The number of fused-ring (bicyclic) bond motifs is 1. The smallest absolute Gasteiger partial charge is 0.289 e. The van der Waals surface area contributed by atoms with Crippen molar-refractivity contribution in [1.29, 1.82) is 0 Å². The van der Waals surface area contributed by atoms with Crippen LogP contribution in [0, 0.1) is 0 Å². The van der Waals surface area contributed by atoms with Gasteiger partial charge in [-0.05, 0) is 24.1 Å². The molecule has 6 rings (SSSR count). The van der Waals surface area contributed by atoms with E-state index in [0.717, 1.165) is 42.1 Å². The summed E-state index contributed by atoms with van der Waals surface area (Å²) in [5, 5.41) is 0. The van der Waals surface area contributed by atoms with Gasteiger partial charge in [-0.2, -0.15) is 0 Å². The number of hydrogen-bond acceptors (Lipinski definition) is 5. The maximum Gasteiger partial charge on any atom is 0.289 e. The summed E-state index contributed by atoms with van der Waals surface area (Å²) in [6, 6.07) is 18.4. The van der Waals surface area contributed by atoms with Gasteiger partial charge in [0.05, 0.1) is 16.7 Å². The van der Waals surface area contributed by atoms with Crippen molar-refractivity contribution in [3.8, 4) is 0 Å². The van der Waals surface area contributed by atoms with Crippen molar-refractivity contribution in [3.63, 3.8) is 0 Å². The lowest BCUT2D eigenvalue weighted by molar-refractivity contribution is 0.0587. The highest BCUT2D eigenvalue weighted by molar-refractivity contribution is 5.94. The summed E-state index contributed by atoms with van der Waals surface area (Å²) in [4.78, 5) is 34.0. The van der Waals surface area contributed by atoms with Crippen LogP contribution >= 0.6 is 0 Å². The van der Waals surface area contributed by atoms with E-state index < -0.39 is 0 Å². The van der Waals surface area contributed by atoms with Crippen LogP contribution in [0.1, 0.15) is 40.1 Å². The van der Waals surface area contributed by atoms with Gasteiger partial charge < -0.3 is 14.8 Å². The Morgan fingerprint density at radius 2 is 1.69 bits per heavy atom. The predicted molar refractivity (Wildman–Crippen MR) is 123 cm³/mol. The number of rotatable bonds is 4. The molecule has 2 aliphatic heterocycles. The number of imidazole rings is 1. The highest BCUT2D eigenvalue weighted by Gasteiger charge is 2.37. The summed E-state index contributed by atoms with van der Waals surface area (Å²) >= 11 is 0. The first kappa shape index (κ1) is 19.0. The van der Waals surface area contributed by atoms with Gasteiger partial charge in [0.1, 0.15) is 0 Å². The van der Waals surface area contributed by atoms with E-state index in [1.165, 1.54) is 5.56 Å². The number of hydrogen-bond donors (Lipinski definition) is 1. The number of carbonyl (C=O) groups excluding carboxylic acids is 1. The zero-order valence-electron chi connectivity index (χ0n) is 17.7. The summed E-state index contributed by atoms with van der Waals surface area (Å²) in [7, 11) is 0. The van der Waals surface area contributed by atoms with Crippen LogP contribution in [0.15, 0.2) is 67.0 Å². The molecule has 1 N–H and O–H groups in total. The second-order valence-corrected chi connectivity index (χ2v) is 8.62. The Morgan fingerprint density at radius 1 is 0.906 bits per heavy atom. The average Bonchev–Trinajstić information content (AvgIpc) is 3.47. The lowest BCUT2D eigenvalue weighted by Crippen LogP contribution is -2.49. The summed E-state index contributed by atoms with van der Waals surface area (Å²) in [6.07, 6.45) is 4.64. The molecule has 4 aromatic rings. The fourth-order valence-corrected chi connectivity index (χ4v) is 4.84. The van der Waals surface area contributed by atoms with Crippen LogP contribution in [0.3, 0.4) is 0 Å². The number of nitrogens with one attached hydrogen (secondary N) is 1. The van der Waals surface area contributed by atoms with E-state index in [1.807, 2.05) is 29.2 Å². The summed E-state index contributed by atoms with van der Waals surface area (Å²) in [5.41, 5.74) is 4.07. The van der Waals surface area contributed by atoms with Crippen LogP contribution in [0.25, 0.3) is 11.0 Å². The highest BCUT2D eigenvalue weighted by atomic mass is 16.2. The number of anilines is 1. The first-order chi connectivity index (χ1) is 15.8. The maximum atomic E-state index is 12.9. The molecule has 1 amide bonds. The minimum Gasteiger partial charge on any atom is -0.354 e. The molecular formula is C25H24N6O. The van der Waals surface area contributed by atoms with Gasteiger partial charge in [0, 0.05) is 50.4 Å². The summed E-state index contributed by atoms with van der Waals surface area (Å²) in [6.45, 7) is 3.19. The quantitative estimate of drug-likeness (QED) is 0.542. The Balaban J connectivity index is 1.16. The second-order valence-electron chi connectivity index (χ2n) is 8.62. The lowest BCUT2D eigenvalue weighted by Gasteiger charge is -2.39. The molecule has 2 aliphatic rings. The Kier molecular flexibility index (Phi) is 4.60. The van der Waals surface area contributed by atoms with Crippen LogP contribution in [0.4, 0.5) is 5.82 Å². The second kappa shape index (κ2) is 7.75. The average molecular weight is 425 g/mol. The predicted octanol–water partition coefficient (Wildman–Crippen LogP) is 3.59. The van der Waals surface area contributed by atoms with Crippen LogP contribution < -0.4 is 4.90 Å². The SMILES string of the molecule is O=C(c1nc2ccccc2[nH]1)N1CC(c2nccnc2N2CC[C@H](c3ccccc3)C2)C1. The van der Waals surface area contributed by atoms with E-state index >= 15 is 0 Å². The molecule has 2 fully saturated rings. The Bertz CT molecular complexity index is 1230. The van der Waals surface area contributed by atoms with Crippen molar-refractivity contribution in [2.24, 2.45) is 0 Å². The molecule has 7 nitrogen and oxygen atoms in total. The number of benzene rings is 2. The zero-order valence-corrected chi connectivity index (χ0v) is 17.7. The van der Waals surface area contributed by atoms with E-state index in [4.69, 9.17) is 4.98 Å². The molecule has 4 heterocycles. The molecule has 160 valence electrons. The van der Waals surface area contributed by atoms with E-state index in [2.05, 4.69) is 50.2 Å². The van der Waals surface area contributed by atoms with Crippen molar-refractivity contribution in [3.05, 3.63) is 84.1 Å². The van der Waals surface area contributed by atoms with E-state index in [0.29, 0.717) is 24.8 Å². The molecule has 0 radical (unpaired) electrons. The molecule has 0 aliphatic carbocycles. The molecule has 0 bridgehead atoms.